The van der Waals surface area contributed by atoms with Crippen LogP contribution in [0.25, 0.3) is 0 Å². The van der Waals surface area contributed by atoms with E-state index in [2.05, 4.69) is 0 Å². The summed E-state index contributed by atoms with van der Waals surface area (Å²) in [7, 11) is 0. The zero-order valence-electron chi connectivity index (χ0n) is 6.58. The highest BCUT2D eigenvalue weighted by molar-refractivity contribution is 5.70. The maximum atomic E-state index is 10.5. The maximum absolute atomic E-state index is 10.5. The van der Waals surface area contributed by atoms with Crippen molar-refractivity contribution in [1.29, 1.82) is 0 Å². The van der Waals surface area contributed by atoms with Gasteiger partial charge in [0.25, 0.3) is 0 Å². The molecule has 1 aliphatic heterocycles. The SMILES string of the molecule is O=C(O)C1CCCCCOC1. The van der Waals surface area contributed by atoms with Crippen molar-refractivity contribution < 1.29 is 14.6 Å². The van der Waals surface area contributed by atoms with Crippen molar-refractivity contribution in [2.75, 3.05) is 13.2 Å². The van der Waals surface area contributed by atoms with Crippen LogP contribution in [0.4, 0.5) is 0 Å². The molecule has 1 heterocycles. The molecule has 1 aliphatic rings. The van der Waals surface area contributed by atoms with Gasteiger partial charge in [-0.1, -0.05) is 12.8 Å². The minimum absolute atomic E-state index is 0.268. The van der Waals surface area contributed by atoms with E-state index in [4.69, 9.17) is 9.84 Å². The Balaban J connectivity index is 2.32. The summed E-state index contributed by atoms with van der Waals surface area (Å²) >= 11 is 0. The second kappa shape index (κ2) is 4.34. The fourth-order valence-electron chi connectivity index (χ4n) is 1.28. The topological polar surface area (TPSA) is 46.5 Å². The van der Waals surface area contributed by atoms with Gasteiger partial charge in [0, 0.05) is 6.61 Å². The van der Waals surface area contributed by atoms with Gasteiger partial charge in [-0.05, 0) is 12.8 Å². The molecule has 1 unspecified atom stereocenters. The smallest absolute Gasteiger partial charge is 0.308 e. The lowest BCUT2D eigenvalue weighted by atomic mass is 10.0. The average molecular weight is 158 g/mol. The minimum Gasteiger partial charge on any atom is -0.481 e. The Hall–Kier alpha value is -0.570. The highest BCUT2D eigenvalue weighted by Crippen LogP contribution is 2.14. The highest BCUT2D eigenvalue weighted by atomic mass is 16.5. The van der Waals surface area contributed by atoms with Gasteiger partial charge in [0.15, 0.2) is 0 Å². The monoisotopic (exact) mass is 158 g/mol. The molecule has 1 fully saturated rings. The van der Waals surface area contributed by atoms with Gasteiger partial charge >= 0.3 is 5.97 Å². The van der Waals surface area contributed by atoms with Crippen molar-refractivity contribution in [2.24, 2.45) is 5.92 Å². The van der Waals surface area contributed by atoms with Gasteiger partial charge in [0.1, 0.15) is 0 Å². The van der Waals surface area contributed by atoms with E-state index in [1.54, 1.807) is 0 Å². The van der Waals surface area contributed by atoms with Crippen molar-refractivity contribution in [3.8, 4) is 0 Å². The summed E-state index contributed by atoms with van der Waals surface area (Å²) in [4.78, 5) is 10.5. The van der Waals surface area contributed by atoms with Crippen LogP contribution in [0.1, 0.15) is 25.7 Å². The molecule has 0 aromatic heterocycles. The molecule has 1 atom stereocenters. The Labute approximate surface area is 66.4 Å². The molecule has 0 aromatic rings. The molecular weight excluding hydrogens is 144 g/mol. The summed E-state index contributed by atoms with van der Waals surface area (Å²) in [6.45, 7) is 1.12. The van der Waals surface area contributed by atoms with E-state index in [9.17, 15) is 4.79 Å². The number of rotatable bonds is 1. The van der Waals surface area contributed by atoms with Crippen LogP contribution in [0.3, 0.4) is 0 Å². The van der Waals surface area contributed by atoms with Crippen LogP contribution >= 0.6 is 0 Å². The van der Waals surface area contributed by atoms with Gasteiger partial charge in [0.05, 0.1) is 12.5 Å². The standard InChI is InChI=1S/C8H14O3/c9-8(10)7-4-2-1-3-5-11-6-7/h7H,1-6H2,(H,9,10). The molecule has 0 spiro atoms. The molecule has 0 aliphatic carbocycles. The number of carboxylic acid groups (broad SMARTS) is 1. The van der Waals surface area contributed by atoms with E-state index in [-0.39, 0.29) is 5.92 Å². The lowest BCUT2D eigenvalue weighted by molar-refractivity contribution is -0.144. The van der Waals surface area contributed by atoms with Gasteiger partial charge in [0.2, 0.25) is 0 Å². The van der Waals surface area contributed by atoms with Crippen LogP contribution in [-0.4, -0.2) is 24.3 Å². The van der Waals surface area contributed by atoms with E-state index in [0.29, 0.717) is 6.61 Å². The van der Waals surface area contributed by atoms with Crippen molar-refractivity contribution in [3.05, 3.63) is 0 Å². The summed E-state index contributed by atoms with van der Waals surface area (Å²) in [6, 6.07) is 0. The van der Waals surface area contributed by atoms with Crippen molar-refractivity contribution in [2.45, 2.75) is 25.7 Å². The molecule has 0 aromatic carbocycles. The number of aliphatic carboxylic acids is 1. The lowest BCUT2D eigenvalue weighted by Gasteiger charge is -2.15. The van der Waals surface area contributed by atoms with Gasteiger partial charge in [-0.3, -0.25) is 4.79 Å². The van der Waals surface area contributed by atoms with Crippen LogP contribution in [0, 0.1) is 5.92 Å². The maximum Gasteiger partial charge on any atom is 0.308 e. The van der Waals surface area contributed by atoms with Crippen LogP contribution in [0.2, 0.25) is 0 Å². The van der Waals surface area contributed by atoms with Crippen molar-refractivity contribution in [3.63, 3.8) is 0 Å². The number of ether oxygens (including phenoxy) is 1. The Bertz CT molecular complexity index is 125. The largest absolute Gasteiger partial charge is 0.481 e. The second-order valence-electron chi connectivity index (χ2n) is 2.96. The predicted molar refractivity (Wildman–Crippen MR) is 40.4 cm³/mol. The van der Waals surface area contributed by atoms with E-state index >= 15 is 0 Å². The van der Waals surface area contributed by atoms with Gasteiger partial charge < -0.3 is 9.84 Å². The summed E-state index contributed by atoms with van der Waals surface area (Å²) in [5.74, 6) is -0.984. The highest BCUT2D eigenvalue weighted by Gasteiger charge is 2.18. The minimum atomic E-state index is -0.716. The van der Waals surface area contributed by atoms with E-state index in [0.717, 1.165) is 32.3 Å². The van der Waals surface area contributed by atoms with E-state index in [1.165, 1.54) is 0 Å². The van der Waals surface area contributed by atoms with Crippen LogP contribution in [-0.2, 0) is 9.53 Å². The third-order valence-electron chi connectivity index (χ3n) is 2.01. The fourth-order valence-corrected chi connectivity index (χ4v) is 1.28. The first-order valence-electron chi connectivity index (χ1n) is 4.11. The molecule has 3 heteroatoms. The molecule has 0 bridgehead atoms. The zero-order valence-corrected chi connectivity index (χ0v) is 6.58. The number of carbonyl (C=O) groups is 1. The molecular formula is C8H14O3. The Morgan fingerprint density at radius 1 is 1.36 bits per heavy atom. The molecule has 1 N–H and O–H groups in total. The summed E-state index contributed by atoms with van der Waals surface area (Å²) in [5.41, 5.74) is 0. The number of hydrogen-bond acceptors (Lipinski definition) is 2. The normalized spacial score (nSPS) is 27.1. The molecule has 0 saturated carbocycles. The lowest BCUT2D eigenvalue weighted by Crippen LogP contribution is -2.21. The van der Waals surface area contributed by atoms with E-state index < -0.39 is 5.97 Å². The first kappa shape index (κ1) is 8.53. The quantitative estimate of drug-likeness (QED) is 0.625. The number of hydrogen-bond donors (Lipinski definition) is 1. The van der Waals surface area contributed by atoms with Crippen LogP contribution < -0.4 is 0 Å². The van der Waals surface area contributed by atoms with Gasteiger partial charge in [-0.2, -0.15) is 0 Å². The second-order valence-corrected chi connectivity index (χ2v) is 2.96. The third-order valence-corrected chi connectivity index (χ3v) is 2.01. The Morgan fingerprint density at radius 2 is 2.18 bits per heavy atom. The molecule has 1 saturated heterocycles. The van der Waals surface area contributed by atoms with Gasteiger partial charge in [-0.25, -0.2) is 0 Å². The van der Waals surface area contributed by atoms with Crippen molar-refractivity contribution >= 4 is 5.97 Å². The molecule has 1 rings (SSSR count). The fraction of sp³-hybridized carbons (Fsp3) is 0.875. The molecule has 11 heavy (non-hydrogen) atoms. The van der Waals surface area contributed by atoms with Gasteiger partial charge in [-0.15, -0.1) is 0 Å². The molecule has 3 nitrogen and oxygen atoms in total. The molecule has 0 amide bonds. The Morgan fingerprint density at radius 3 is 2.91 bits per heavy atom. The summed E-state index contributed by atoms with van der Waals surface area (Å²) in [6.07, 6.45) is 3.98. The Kier molecular flexibility index (Phi) is 3.36. The first-order valence-corrected chi connectivity index (χ1v) is 4.11. The zero-order chi connectivity index (χ0) is 8.10. The summed E-state index contributed by atoms with van der Waals surface area (Å²) < 4.78 is 5.17. The molecule has 0 radical (unpaired) electrons. The average Bonchev–Trinajstić information content (AvgIpc) is 1.84. The van der Waals surface area contributed by atoms with Crippen molar-refractivity contribution in [1.82, 2.24) is 0 Å². The van der Waals surface area contributed by atoms with E-state index in [1.807, 2.05) is 0 Å². The third kappa shape index (κ3) is 2.89. The predicted octanol–water partition coefficient (Wildman–Crippen LogP) is 1.28. The number of carboxylic acids is 1. The molecule has 64 valence electrons. The summed E-state index contributed by atoms with van der Waals surface area (Å²) in [5, 5.41) is 8.68. The first-order chi connectivity index (χ1) is 5.30. The van der Waals surface area contributed by atoms with Crippen LogP contribution in [0.5, 0.6) is 0 Å². The van der Waals surface area contributed by atoms with Crippen LogP contribution in [0.15, 0.2) is 0 Å².